The van der Waals surface area contributed by atoms with E-state index < -0.39 is 24.3 Å². The summed E-state index contributed by atoms with van der Waals surface area (Å²) in [6.45, 7) is 11.9. The zero-order chi connectivity index (χ0) is 45.0. The molecule has 0 amide bonds. The van der Waals surface area contributed by atoms with Crippen LogP contribution in [0.5, 0.6) is 0 Å². The lowest BCUT2D eigenvalue weighted by Gasteiger charge is -2.34. The average Bonchev–Trinajstić information content (AvgIpc) is 3.28. The number of rotatable bonds is 41. The summed E-state index contributed by atoms with van der Waals surface area (Å²) < 4.78 is 34.3. The Morgan fingerprint density at radius 3 is 1.73 bits per heavy atom. The normalized spacial score (nSPS) is 15.4. The summed E-state index contributed by atoms with van der Waals surface area (Å²) in [4.78, 5) is 40.7. The van der Waals surface area contributed by atoms with Gasteiger partial charge in [0.15, 0.2) is 6.29 Å². The summed E-state index contributed by atoms with van der Waals surface area (Å²) in [6.07, 6.45) is 41.9. The fourth-order valence-electron chi connectivity index (χ4n) is 7.28. The standard InChI is InChI=1S/C52H91NO9/c1-5-9-12-15-18-19-20-21-22-23-24-25-26-27-30-36-49(54)60-44-47(46-62-52(56)59-43-39-48-35-31-32-40-53(48)8-4)45-61-50(55)37-38-51(57-41-33-28-16-13-10-6-2)58-42-34-29-17-14-11-7-3/h10-11,13-14,18-19,21-22,47-48,51H,5-9,12,15-17,20,23-46H2,1-4H3/b13-10-,14-11-,19-18-,22-21-. The molecule has 0 aromatic heterocycles. The van der Waals surface area contributed by atoms with E-state index in [0.29, 0.717) is 32.1 Å². The van der Waals surface area contributed by atoms with Gasteiger partial charge >= 0.3 is 18.1 Å². The van der Waals surface area contributed by atoms with Crippen molar-refractivity contribution in [2.24, 2.45) is 5.92 Å². The zero-order valence-electron chi connectivity index (χ0n) is 40.0. The molecule has 1 saturated heterocycles. The number of hydrogen-bond acceptors (Lipinski definition) is 10. The number of hydrogen-bond donors (Lipinski definition) is 0. The first-order chi connectivity index (χ1) is 30.4. The fourth-order valence-corrected chi connectivity index (χ4v) is 7.28. The Balaban J connectivity index is 2.57. The quantitative estimate of drug-likeness (QED) is 0.0194. The van der Waals surface area contributed by atoms with Crippen molar-refractivity contribution in [1.29, 1.82) is 0 Å². The number of nitrogens with zero attached hydrogens (tertiary/aromatic N) is 1. The highest BCUT2D eigenvalue weighted by molar-refractivity contribution is 5.69. The maximum Gasteiger partial charge on any atom is 0.508 e. The third-order valence-electron chi connectivity index (χ3n) is 11.1. The molecule has 2 unspecified atom stereocenters. The van der Waals surface area contributed by atoms with Gasteiger partial charge in [0.1, 0.15) is 19.8 Å². The number of likely N-dealkylation sites (tertiary alicyclic amines) is 1. The molecule has 1 aliphatic heterocycles. The third kappa shape index (κ3) is 35.5. The molecule has 358 valence electrons. The summed E-state index contributed by atoms with van der Waals surface area (Å²) in [7, 11) is 0. The van der Waals surface area contributed by atoms with Gasteiger partial charge in [-0.15, -0.1) is 0 Å². The minimum absolute atomic E-state index is 0.0249. The predicted octanol–water partition coefficient (Wildman–Crippen LogP) is 13.3. The van der Waals surface area contributed by atoms with Crippen LogP contribution in [0.25, 0.3) is 0 Å². The predicted molar refractivity (Wildman–Crippen MR) is 253 cm³/mol. The van der Waals surface area contributed by atoms with E-state index in [4.69, 9.17) is 28.4 Å². The summed E-state index contributed by atoms with van der Waals surface area (Å²) in [5.74, 6) is -1.24. The Hall–Kier alpha value is -2.95. The second-order valence-electron chi connectivity index (χ2n) is 16.6. The first kappa shape index (κ1) is 57.1. The van der Waals surface area contributed by atoms with E-state index in [1.165, 1.54) is 38.5 Å². The van der Waals surface area contributed by atoms with Crippen molar-refractivity contribution in [3.63, 3.8) is 0 Å². The molecule has 1 heterocycles. The van der Waals surface area contributed by atoms with Gasteiger partial charge in [-0.05, 0) is 122 Å². The van der Waals surface area contributed by atoms with Crippen LogP contribution < -0.4 is 0 Å². The van der Waals surface area contributed by atoms with E-state index in [9.17, 15) is 14.4 Å². The van der Waals surface area contributed by atoms with Gasteiger partial charge in [-0.2, -0.15) is 0 Å². The monoisotopic (exact) mass is 874 g/mol. The molecule has 10 nitrogen and oxygen atoms in total. The van der Waals surface area contributed by atoms with Gasteiger partial charge in [0.05, 0.1) is 18.9 Å². The number of carbonyl (C=O) groups is 3. The molecule has 0 aromatic carbocycles. The molecule has 2 atom stereocenters. The van der Waals surface area contributed by atoms with E-state index in [2.05, 4.69) is 81.2 Å². The largest absolute Gasteiger partial charge is 0.508 e. The van der Waals surface area contributed by atoms with Gasteiger partial charge in [-0.1, -0.05) is 115 Å². The van der Waals surface area contributed by atoms with Crippen LogP contribution in [0.1, 0.15) is 195 Å². The van der Waals surface area contributed by atoms with Crippen molar-refractivity contribution in [1.82, 2.24) is 4.90 Å². The van der Waals surface area contributed by atoms with E-state index in [0.717, 1.165) is 122 Å². The van der Waals surface area contributed by atoms with Crippen molar-refractivity contribution in [3.05, 3.63) is 48.6 Å². The first-order valence-corrected chi connectivity index (χ1v) is 25.1. The van der Waals surface area contributed by atoms with Crippen molar-refractivity contribution in [3.8, 4) is 0 Å². The van der Waals surface area contributed by atoms with Crippen LogP contribution in [0.2, 0.25) is 0 Å². The van der Waals surface area contributed by atoms with E-state index in [-0.39, 0.29) is 38.8 Å². The number of carbonyl (C=O) groups excluding carboxylic acids is 3. The maximum absolute atomic E-state index is 13.0. The second kappa shape index (κ2) is 43.3. The molecule has 0 spiro atoms. The summed E-state index contributed by atoms with van der Waals surface area (Å²) in [5, 5.41) is 0. The van der Waals surface area contributed by atoms with Gasteiger partial charge in [-0.25, -0.2) is 4.79 Å². The Labute approximate surface area is 379 Å². The van der Waals surface area contributed by atoms with Gasteiger partial charge in [-0.3, -0.25) is 9.59 Å². The van der Waals surface area contributed by atoms with E-state index >= 15 is 0 Å². The summed E-state index contributed by atoms with van der Waals surface area (Å²) >= 11 is 0. The Morgan fingerprint density at radius 1 is 0.565 bits per heavy atom. The van der Waals surface area contributed by atoms with E-state index in [1.807, 2.05) is 0 Å². The molecule has 0 saturated carbocycles. The number of allylic oxidation sites excluding steroid dienone is 8. The van der Waals surface area contributed by atoms with Crippen molar-refractivity contribution in [2.45, 2.75) is 207 Å². The topological polar surface area (TPSA) is 110 Å². The lowest BCUT2D eigenvalue weighted by atomic mass is 10.00. The van der Waals surface area contributed by atoms with Crippen LogP contribution in [0.4, 0.5) is 4.79 Å². The molecule has 0 aromatic rings. The zero-order valence-corrected chi connectivity index (χ0v) is 40.0. The smallest absolute Gasteiger partial charge is 0.465 e. The fraction of sp³-hybridized carbons (Fsp3) is 0.788. The first-order valence-electron chi connectivity index (χ1n) is 25.1. The molecule has 62 heavy (non-hydrogen) atoms. The molecule has 0 radical (unpaired) electrons. The van der Waals surface area contributed by atoms with Gasteiger partial charge in [0.25, 0.3) is 0 Å². The highest BCUT2D eigenvalue weighted by Gasteiger charge is 2.23. The SMILES string of the molecule is CC/C=C\CCCCOC(CCC(=O)OCC(COC(=O)CCCCCCC/C=C\C/C=C\CCCCC)COC(=O)OCCC1CCCCN1CC)OCCCC/C=C\CC. The van der Waals surface area contributed by atoms with Crippen LogP contribution in [-0.4, -0.2) is 88.1 Å². The third-order valence-corrected chi connectivity index (χ3v) is 11.1. The average molecular weight is 874 g/mol. The number of piperidine rings is 1. The number of esters is 2. The Bertz CT molecular complexity index is 1160. The molecule has 0 N–H and O–H groups in total. The molecule has 1 rings (SSSR count). The summed E-state index contributed by atoms with van der Waals surface area (Å²) in [6, 6.07) is 0.407. The molecular formula is C52H91NO9. The van der Waals surface area contributed by atoms with Crippen molar-refractivity contribution < 1.29 is 42.8 Å². The highest BCUT2D eigenvalue weighted by atomic mass is 16.7. The number of unbranched alkanes of at least 4 members (excludes halogenated alkanes) is 12. The van der Waals surface area contributed by atoms with Crippen LogP contribution in [-0.2, 0) is 38.0 Å². The maximum atomic E-state index is 13.0. The molecule has 1 aliphatic rings. The molecule has 10 heteroatoms. The van der Waals surface area contributed by atoms with Gasteiger partial charge < -0.3 is 33.3 Å². The number of ether oxygens (including phenoxy) is 6. The van der Waals surface area contributed by atoms with Crippen LogP contribution >= 0.6 is 0 Å². The van der Waals surface area contributed by atoms with Crippen molar-refractivity contribution in [2.75, 3.05) is 52.7 Å². The summed E-state index contributed by atoms with van der Waals surface area (Å²) in [5.41, 5.74) is 0. The van der Waals surface area contributed by atoms with Crippen molar-refractivity contribution >= 4 is 18.1 Å². The minimum atomic E-state index is -0.767. The van der Waals surface area contributed by atoms with Crippen LogP contribution in [0.15, 0.2) is 48.6 Å². The second-order valence-corrected chi connectivity index (χ2v) is 16.6. The molecule has 1 fully saturated rings. The lowest BCUT2D eigenvalue weighted by molar-refractivity contribution is -0.161. The van der Waals surface area contributed by atoms with E-state index in [1.54, 1.807) is 0 Å². The highest BCUT2D eigenvalue weighted by Crippen LogP contribution is 2.19. The molecule has 0 aliphatic carbocycles. The lowest BCUT2D eigenvalue weighted by Crippen LogP contribution is -2.40. The molecule has 0 bridgehead atoms. The van der Waals surface area contributed by atoms with Crippen LogP contribution in [0.3, 0.4) is 0 Å². The Kier molecular flexibility index (Phi) is 39.9. The van der Waals surface area contributed by atoms with Gasteiger partial charge in [0, 0.05) is 32.1 Å². The van der Waals surface area contributed by atoms with Gasteiger partial charge in [0.2, 0.25) is 0 Å². The Morgan fingerprint density at radius 2 is 1.11 bits per heavy atom. The minimum Gasteiger partial charge on any atom is -0.465 e. The van der Waals surface area contributed by atoms with Crippen LogP contribution in [0, 0.1) is 5.92 Å². The molecular weight excluding hydrogens is 783 g/mol.